The Morgan fingerprint density at radius 2 is 1.88 bits per heavy atom. The predicted molar refractivity (Wildman–Crippen MR) is 131 cm³/mol. The molecule has 33 heavy (non-hydrogen) atoms. The summed E-state index contributed by atoms with van der Waals surface area (Å²) in [4.78, 5) is 24.9. The number of thioether (sulfide) groups is 1. The number of allylic oxidation sites excluding steroid dienone is 1. The maximum absolute atomic E-state index is 12.5. The summed E-state index contributed by atoms with van der Waals surface area (Å²) in [6.45, 7) is 6.55. The van der Waals surface area contributed by atoms with Crippen LogP contribution in [0.1, 0.15) is 12.7 Å². The van der Waals surface area contributed by atoms with E-state index in [2.05, 4.69) is 27.4 Å². The second-order valence-corrected chi connectivity index (χ2v) is 8.17. The lowest BCUT2D eigenvalue weighted by Gasteiger charge is -2.11. The van der Waals surface area contributed by atoms with Crippen molar-refractivity contribution in [1.29, 1.82) is 0 Å². The van der Waals surface area contributed by atoms with Crippen LogP contribution >= 0.6 is 23.4 Å². The smallest absolute Gasteiger partial charge is 0.234 e. The topological polar surface area (TPSA) is 98.1 Å². The van der Waals surface area contributed by atoms with Gasteiger partial charge in [-0.1, -0.05) is 41.6 Å². The fourth-order valence-electron chi connectivity index (χ4n) is 2.92. The lowest BCUT2D eigenvalue weighted by atomic mass is 10.3. The largest absolute Gasteiger partial charge is 0.492 e. The van der Waals surface area contributed by atoms with Gasteiger partial charge in [0.05, 0.1) is 24.5 Å². The van der Waals surface area contributed by atoms with Crippen LogP contribution in [-0.2, 0) is 22.6 Å². The normalized spacial score (nSPS) is 10.5. The molecular weight excluding hydrogens is 462 g/mol. The van der Waals surface area contributed by atoms with E-state index in [-0.39, 0.29) is 24.0 Å². The van der Waals surface area contributed by atoms with Crippen molar-refractivity contribution in [3.63, 3.8) is 0 Å². The van der Waals surface area contributed by atoms with Gasteiger partial charge in [-0.3, -0.25) is 9.59 Å². The number of nitrogens with one attached hydrogen (secondary N) is 2. The average Bonchev–Trinajstić information content (AvgIpc) is 3.17. The number of hydrogen-bond donors (Lipinski definition) is 2. The van der Waals surface area contributed by atoms with Crippen LogP contribution in [0.4, 0.5) is 11.4 Å². The van der Waals surface area contributed by atoms with Gasteiger partial charge in [-0.25, -0.2) is 0 Å². The summed E-state index contributed by atoms with van der Waals surface area (Å²) in [5.74, 6) is 0.763. The maximum Gasteiger partial charge on any atom is 0.234 e. The zero-order valence-corrected chi connectivity index (χ0v) is 19.7. The van der Waals surface area contributed by atoms with Gasteiger partial charge in [0, 0.05) is 17.3 Å². The van der Waals surface area contributed by atoms with Gasteiger partial charge in [0.2, 0.25) is 11.8 Å². The van der Waals surface area contributed by atoms with Crippen LogP contribution < -0.4 is 15.4 Å². The Morgan fingerprint density at radius 3 is 2.61 bits per heavy atom. The molecule has 0 aliphatic rings. The second-order valence-electron chi connectivity index (χ2n) is 6.80. The molecule has 172 valence electrons. The third kappa shape index (κ3) is 7.10. The van der Waals surface area contributed by atoms with E-state index in [4.69, 9.17) is 16.3 Å². The number of para-hydroxylation sites is 2. The molecule has 0 aliphatic carbocycles. The van der Waals surface area contributed by atoms with Crippen molar-refractivity contribution in [2.24, 2.45) is 0 Å². The molecule has 2 aromatic carbocycles. The lowest BCUT2D eigenvalue weighted by molar-refractivity contribution is -0.116. The summed E-state index contributed by atoms with van der Waals surface area (Å²) in [5, 5.41) is 15.1. The van der Waals surface area contributed by atoms with Crippen LogP contribution in [0.5, 0.6) is 5.75 Å². The van der Waals surface area contributed by atoms with Gasteiger partial charge in [0.1, 0.15) is 11.6 Å². The third-order valence-corrected chi connectivity index (χ3v) is 5.56. The molecule has 0 atom stereocenters. The van der Waals surface area contributed by atoms with Crippen LogP contribution in [0.25, 0.3) is 0 Å². The summed E-state index contributed by atoms with van der Waals surface area (Å²) in [7, 11) is 0. The van der Waals surface area contributed by atoms with Crippen LogP contribution in [0.2, 0.25) is 5.02 Å². The van der Waals surface area contributed by atoms with Gasteiger partial charge < -0.3 is 19.9 Å². The summed E-state index contributed by atoms with van der Waals surface area (Å²) in [6.07, 6.45) is 1.71. The van der Waals surface area contributed by atoms with E-state index < -0.39 is 0 Å². The van der Waals surface area contributed by atoms with Crippen LogP contribution in [-0.4, -0.2) is 38.9 Å². The standard InChI is InChI=1S/C23H24ClN5O3S/c1-3-13-29-20(14-21(30)25-17-11-9-16(24)10-12-17)27-28-23(29)33-15-22(31)26-18-7-5-6-8-19(18)32-4-2/h3,5-12H,1,4,13-15H2,2H3,(H,25,30)(H,26,31). The van der Waals surface area contributed by atoms with Crippen molar-refractivity contribution in [2.75, 3.05) is 23.0 Å². The van der Waals surface area contributed by atoms with Crippen LogP contribution in [0.3, 0.4) is 0 Å². The van der Waals surface area contributed by atoms with E-state index in [9.17, 15) is 9.59 Å². The van der Waals surface area contributed by atoms with E-state index in [1.807, 2.05) is 19.1 Å². The van der Waals surface area contributed by atoms with Crippen molar-refractivity contribution >= 4 is 46.6 Å². The molecule has 0 bridgehead atoms. The molecule has 1 heterocycles. The first kappa shape index (κ1) is 24.3. The fraction of sp³-hybridized carbons (Fsp3) is 0.217. The van der Waals surface area contributed by atoms with E-state index in [1.165, 1.54) is 11.8 Å². The minimum atomic E-state index is -0.239. The predicted octanol–water partition coefficient (Wildman–Crippen LogP) is 4.43. The van der Waals surface area contributed by atoms with Crippen LogP contribution in [0, 0.1) is 0 Å². The first-order valence-electron chi connectivity index (χ1n) is 10.2. The third-order valence-electron chi connectivity index (χ3n) is 4.35. The summed E-state index contributed by atoms with van der Waals surface area (Å²) >= 11 is 7.10. The van der Waals surface area contributed by atoms with Gasteiger partial charge in [0.25, 0.3) is 0 Å². The minimum absolute atomic E-state index is 0.0257. The van der Waals surface area contributed by atoms with Gasteiger partial charge >= 0.3 is 0 Å². The Labute approximate surface area is 201 Å². The number of aromatic nitrogens is 3. The van der Waals surface area contributed by atoms with Crippen molar-refractivity contribution in [3.8, 4) is 5.75 Å². The molecule has 3 aromatic rings. The number of ether oxygens (including phenoxy) is 1. The molecule has 2 N–H and O–H groups in total. The number of hydrogen-bond acceptors (Lipinski definition) is 6. The van der Waals surface area contributed by atoms with Crippen molar-refractivity contribution < 1.29 is 14.3 Å². The average molecular weight is 486 g/mol. The quantitative estimate of drug-likeness (QED) is 0.308. The molecule has 10 heteroatoms. The molecular formula is C23H24ClN5O3S. The van der Waals surface area contributed by atoms with Crippen molar-refractivity contribution in [3.05, 3.63) is 72.0 Å². The van der Waals surface area contributed by atoms with Crippen molar-refractivity contribution in [1.82, 2.24) is 14.8 Å². The van der Waals surface area contributed by atoms with E-state index >= 15 is 0 Å². The highest BCUT2D eigenvalue weighted by Crippen LogP contribution is 2.25. The molecule has 1 aromatic heterocycles. The molecule has 0 aliphatic heterocycles. The number of nitrogens with zero attached hydrogens (tertiary/aromatic N) is 3. The fourth-order valence-corrected chi connectivity index (χ4v) is 3.81. The van der Waals surface area contributed by atoms with E-state index in [1.54, 1.807) is 47.0 Å². The molecule has 0 saturated heterocycles. The molecule has 0 saturated carbocycles. The Hall–Kier alpha value is -3.30. The number of benzene rings is 2. The molecule has 3 rings (SSSR count). The Bertz CT molecular complexity index is 1120. The number of rotatable bonds is 11. The summed E-state index contributed by atoms with van der Waals surface area (Å²) < 4.78 is 7.30. The zero-order valence-electron chi connectivity index (χ0n) is 18.1. The van der Waals surface area contributed by atoms with Crippen molar-refractivity contribution in [2.45, 2.75) is 25.0 Å². The Balaban J connectivity index is 1.62. The molecule has 2 amide bonds. The van der Waals surface area contributed by atoms with Crippen LogP contribution in [0.15, 0.2) is 66.3 Å². The summed E-state index contributed by atoms with van der Waals surface area (Å²) in [5.41, 5.74) is 1.25. The molecule has 0 unspecified atom stereocenters. The van der Waals surface area contributed by atoms with Gasteiger partial charge in [0.15, 0.2) is 5.16 Å². The van der Waals surface area contributed by atoms with Gasteiger partial charge in [-0.15, -0.1) is 16.8 Å². The lowest BCUT2D eigenvalue weighted by Crippen LogP contribution is -2.18. The number of amides is 2. The molecule has 0 fully saturated rings. The molecule has 8 nitrogen and oxygen atoms in total. The number of carbonyl (C=O) groups is 2. The first-order valence-corrected chi connectivity index (χ1v) is 11.6. The molecule has 0 spiro atoms. The SMILES string of the molecule is C=CCn1c(CC(=O)Nc2ccc(Cl)cc2)nnc1SCC(=O)Nc1ccccc1OCC. The highest BCUT2D eigenvalue weighted by Gasteiger charge is 2.17. The number of anilines is 2. The van der Waals surface area contributed by atoms with Gasteiger partial charge in [-0.2, -0.15) is 0 Å². The highest BCUT2D eigenvalue weighted by atomic mass is 35.5. The second kappa shape index (κ2) is 12.1. The minimum Gasteiger partial charge on any atom is -0.492 e. The number of halogens is 1. The Kier molecular flexibility index (Phi) is 8.91. The number of carbonyl (C=O) groups excluding carboxylic acids is 2. The van der Waals surface area contributed by atoms with E-state index in [0.29, 0.717) is 46.3 Å². The zero-order chi connectivity index (χ0) is 23.6. The summed E-state index contributed by atoms with van der Waals surface area (Å²) in [6, 6.07) is 14.1. The highest BCUT2D eigenvalue weighted by molar-refractivity contribution is 7.99. The maximum atomic E-state index is 12.5. The van der Waals surface area contributed by atoms with Gasteiger partial charge in [-0.05, 0) is 43.3 Å². The monoisotopic (exact) mass is 485 g/mol. The van der Waals surface area contributed by atoms with E-state index in [0.717, 1.165) is 0 Å². The first-order chi connectivity index (χ1) is 16.0. The molecule has 0 radical (unpaired) electrons. The Morgan fingerprint density at radius 1 is 1.12 bits per heavy atom.